The Morgan fingerprint density at radius 2 is 1.81 bits per heavy atom. The molecule has 0 amide bonds. The largest absolute Gasteiger partial charge is 0.378 e. The summed E-state index contributed by atoms with van der Waals surface area (Å²) < 4.78 is 27.7. The Balaban J connectivity index is 2.39. The lowest BCUT2D eigenvalue weighted by Gasteiger charge is -2.03. The van der Waals surface area contributed by atoms with Crippen LogP contribution in [0.4, 0.5) is 0 Å². The Kier molecular flexibility index (Phi) is 4.10. The van der Waals surface area contributed by atoms with Crippen molar-refractivity contribution in [3.8, 4) is 0 Å². The van der Waals surface area contributed by atoms with E-state index >= 15 is 0 Å². The number of imidazole rings is 1. The molecule has 0 saturated heterocycles. The maximum atomic E-state index is 12.3. The average Bonchev–Trinajstić information content (AvgIpc) is 2.78. The second-order valence-corrected chi connectivity index (χ2v) is 6.51. The minimum atomic E-state index is -3.32. The van der Waals surface area contributed by atoms with Crippen LogP contribution in [0.25, 0.3) is 0 Å². The first kappa shape index (κ1) is 15.2. The minimum absolute atomic E-state index is 0.0846. The Morgan fingerprint density at radius 1 is 1.19 bits per heavy atom. The van der Waals surface area contributed by atoms with E-state index in [1.54, 1.807) is 0 Å². The Bertz CT molecular complexity index is 815. The lowest BCUT2D eigenvalue weighted by Crippen LogP contribution is -2.08. The van der Waals surface area contributed by atoms with Crippen LogP contribution in [0.2, 0.25) is 0 Å². The number of rotatable bonds is 5. The third-order valence-corrected chi connectivity index (χ3v) is 3.99. The molecule has 7 nitrogen and oxygen atoms in total. The smallest absolute Gasteiger partial charge is 0.323 e. The fourth-order valence-corrected chi connectivity index (χ4v) is 2.49. The minimum Gasteiger partial charge on any atom is -0.378 e. The second-order valence-electron chi connectivity index (χ2n) is 4.49. The SMILES string of the molecule is COCc1[nH]c(=O)[nH]c1C(=O)c1ccc(S(C)(=O)=O)cc1. The van der Waals surface area contributed by atoms with Crippen LogP contribution in [0.5, 0.6) is 0 Å². The normalized spacial score (nSPS) is 11.5. The molecule has 0 aliphatic heterocycles. The van der Waals surface area contributed by atoms with E-state index in [4.69, 9.17) is 4.74 Å². The highest BCUT2D eigenvalue weighted by Crippen LogP contribution is 2.14. The third-order valence-electron chi connectivity index (χ3n) is 2.87. The first-order chi connectivity index (χ1) is 9.82. The number of sulfone groups is 1. The summed E-state index contributed by atoms with van der Waals surface area (Å²) in [6, 6.07) is 5.51. The summed E-state index contributed by atoms with van der Waals surface area (Å²) in [5.41, 5.74) is 0.224. The number of aromatic nitrogens is 2. The van der Waals surface area contributed by atoms with Gasteiger partial charge in [0.25, 0.3) is 0 Å². The molecule has 0 unspecified atom stereocenters. The summed E-state index contributed by atoms with van der Waals surface area (Å²) in [7, 11) is -1.87. The second kappa shape index (κ2) is 5.66. The number of benzene rings is 1. The van der Waals surface area contributed by atoms with Crippen LogP contribution in [0.15, 0.2) is 34.0 Å². The molecule has 2 rings (SSSR count). The lowest BCUT2D eigenvalue weighted by atomic mass is 10.1. The predicted octanol–water partition coefficient (Wildman–Crippen LogP) is 0.484. The van der Waals surface area contributed by atoms with Crippen LogP contribution in [-0.4, -0.2) is 37.5 Å². The molecular formula is C13H14N2O5S. The van der Waals surface area contributed by atoms with Crippen LogP contribution in [-0.2, 0) is 21.2 Å². The number of nitrogens with one attached hydrogen (secondary N) is 2. The van der Waals surface area contributed by atoms with Crippen LogP contribution < -0.4 is 5.69 Å². The number of methoxy groups -OCH3 is 1. The third kappa shape index (κ3) is 3.29. The molecule has 21 heavy (non-hydrogen) atoms. The average molecular weight is 310 g/mol. The topological polar surface area (TPSA) is 109 Å². The summed E-state index contributed by atoms with van der Waals surface area (Å²) >= 11 is 0. The summed E-state index contributed by atoms with van der Waals surface area (Å²) in [6.07, 6.45) is 1.09. The van der Waals surface area contributed by atoms with Crippen LogP contribution in [0.1, 0.15) is 21.7 Å². The van der Waals surface area contributed by atoms with Crippen molar-refractivity contribution in [1.29, 1.82) is 0 Å². The van der Waals surface area contributed by atoms with E-state index < -0.39 is 21.3 Å². The Labute approximate surface area is 120 Å². The summed E-state index contributed by atoms with van der Waals surface area (Å²) in [5, 5.41) is 0. The molecule has 2 aromatic rings. The molecule has 112 valence electrons. The van der Waals surface area contributed by atoms with Gasteiger partial charge >= 0.3 is 5.69 Å². The summed E-state index contributed by atoms with van der Waals surface area (Å²) in [4.78, 5) is 28.6. The van der Waals surface area contributed by atoms with Crippen LogP contribution >= 0.6 is 0 Å². The molecule has 8 heteroatoms. The number of ketones is 1. The fraction of sp³-hybridized carbons (Fsp3) is 0.231. The van der Waals surface area contributed by atoms with Crippen molar-refractivity contribution >= 4 is 15.6 Å². The lowest BCUT2D eigenvalue weighted by molar-refractivity contribution is 0.102. The summed E-state index contributed by atoms with van der Waals surface area (Å²) in [5.74, 6) is -0.416. The van der Waals surface area contributed by atoms with Gasteiger partial charge in [-0.25, -0.2) is 13.2 Å². The Hall–Kier alpha value is -2.19. The molecule has 1 aromatic heterocycles. The van der Waals surface area contributed by atoms with Gasteiger partial charge in [-0.3, -0.25) is 4.79 Å². The van der Waals surface area contributed by atoms with Gasteiger partial charge in [-0.1, -0.05) is 0 Å². The number of hydrogen-bond acceptors (Lipinski definition) is 5. The predicted molar refractivity (Wildman–Crippen MR) is 75.1 cm³/mol. The molecule has 0 saturated carbocycles. The first-order valence-electron chi connectivity index (χ1n) is 5.98. The molecule has 1 heterocycles. The molecule has 0 aliphatic carbocycles. The molecule has 1 aromatic carbocycles. The fourth-order valence-electron chi connectivity index (χ4n) is 1.86. The van der Waals surface area contributed by atoms with Gasteiger partial charge in [0.15, 0.2) is 9.84 Å². The van der Waals surface area contributed by atoms with Crippen molar-refractivity contribution in [1.82, 2.24) is 9.97 Å². The molecule has 2 N–H and O–H groups in total. The van der Waals surface area contributed by atoms with Gasteiger partial charge in [-0.05, 0) is 24.3 Å². The van der Waals surface area contributed by atoms with Gasteiger partial charge < -0.3 is 14.7 Å². The number of ether oxygens (including phenoxy) is 1. The van der Waals surface area contributed by atoms with E-state index in [2.05, 4.69) is 9.97 Å². The van der Waals surface area contributed by atoms with Gasteiger partial charge in [-0.2, -0.15) is 0 Å². The standard InChI is InChI=1S/C13H14N2O5S/c1-20-7-10-11(15-13(17)14-10)12(16)8-3-5-9(6-4-8)21(2,18)19/h3-6H,7H2,1-2H3,(H2,14,15,17). The number of carbonyl (C=O) groups is 1. The highest BCUT2D eigenvalue weighted by molar-refractivity contribution is 7.90. The monoisotopic (exact) mass is 310 g/mol. The number of H-pyrrole nitrogens is 2. The van der Waals surface area contributed by atoms with E-state index in [1.165, 1.54) is 31.4 Å². The van der Waals surface area contributed by atoms with Gasteiger partial charge in [0.1, 0.15) is 5.69 Å². The maximum absolute atomic E-state index is 12.3. The Morgan fingerprint density at radius 3 is 2.33 bits per heavy atom. The zero-order valence-electron chi connectivity index (χ0n) is 11.5. The molecule has 0 radical (unpaired) electrons. The van der Waals surface area contributed by atoms with Crippen molar-refractivity contribution in [2.45, 2.75) is 11.5 Å². The van der Waals surface area contributed by atoms with Crippen LogP contribution in [0.3, 0.4) is 0 Å². The van der Waals surface area contributed by atoms with E-state index in [1.807, 2.05) is 0 Å². The van der Waals surface area contributed by atoms with Gasteiger partial charge in [0.05, 0.1) is 17.2 Å². The van der Waals surface area contributed by atoms with E-state index in [9.17, 15) is 18.0 Å². The van der Waals surface area contributed by atoms with Crippen LogP contribution in [0, 0.1) is 0 Å². The molecule has 0 atom stereocenters. The highest BCUT2D eigenvalue weighted by Gasteiger charge is 2.17. The zero-order chi connectivity index (χ0) is 15.6. The van der Waals surface area contributed by atoms with E-state index in [-0.39, 0.29) is 22.8 Å². The van der Waals surface area contributed by atoms with Gasteiger partial charge in [0.2, 0.25) is 5.78 Å². The van der Waals surface area contributed by atoms with Crippen molar-refractivity contribution in [3.63, 3.8) is 0 Å². The van der Waals surface area contributed by atoms with Gasteiger partial charge in [0, 0.05) is 18.9 Å². The first-order valence-corrected chi connectivity index (χ1v) is 7.87. The highest BCUT2D eigenvalue weighted by atomic mass is 32.2. The maximum Gasteiger partial charge on any atom is 0.323 e. The van der Waals surface area contributed by atoms with Crippen molar-refractivity contribution < 1.29 is 17.9 Å². The molecule has 0 bridgehead atoms. The van der Waals surface area contributed by atoms with Crippen molar-refractivity contribution in [2.24, 2.45) is 0 Å². The molecule has 0 aliphatic rings. The number of hydrogen-bond donors (Lipinski definition) is 2. The van der Waals surface area contributed by atoms with Gasteiger partial charge in [-0.15, -0.1) is 0 Å². The van der Waals surface area contributed by atoms with Crippen molar-refractivity contribution in [3.05, 3.63) is 51.7 Å². The summed E-state index contributed by atoms with van der Waals surface area (Å²) in [6.45, 7) is 0.0846. The van der Waals surface area contributed by atoms with Crippen molar-refractivity contribution in [2.75, 3.05) is 13.4 Å². The molecule has 0 spiro atoms. The number of aromatic amines is 2. The molecule has 0 fully saturated rings. The number of carbonyl (C=O) groups excluding carboxylic acids is 1. The molecular weight excluding hydrogens is 296 g/mol. The van der Waals surface area contributed by atoms with E-state index in [0.29, 0.717) is 5.69 Å². The zero-order valence-corrected chi connectivity index (χ0v) is 12.3. The van der Waals surface area contributed by atoms with E-state index in [0.717, 1.165) is 6.26 Å². The quantitative estimate of drug-likeness (QED) is 0.781.